The minimum absolute atomic E-state index is 0.163. The molecule has 0 spiro atoms. The molecule has 0 saturated carbocycles. The number of fused-ring (bicyclic) bond motifs is 1. The van der Waals surface area contributed by atoms with Gasteiger partial charge in [0.2, 0.25) is 0 Å². The van der Waals surface area contributed by atoms with E-state index in [0.29, 0.717) is 22.5 Å². The van der Waals surface area contributed by atoms with Gasteiger partial charge < -0.3 is 10.4 Å². The molecule has 2 aromatic carbocycles. The average Bonchev–Trinajstić information content (AvgIpc) is 2.90. The van der Waals surface area contributed by atoms with E-state index in [4.69, 9.17) is 5.11 Å². The van der Waals surface area contributed by atoms with E-state index in [2.05, 4.69) is 10.3 Å². The van der Waals surface area contributed by atoms with Crippen molar-refractivity contribution in [2.24, 2.45) is 0 Å². The number of carboxylic acids is 1. The molecule has 0 fully saturated rings. The van der Waals surface area contributed by atoms with Gasteiger partial charge in [0.15, 0.2) is 0 Å². The van der Waals surface area contributed by atoms with E-state index in [9.17, 15) is 13.2 Å². The van der Waals surface area contributed by atoms with Gasteiger partial charge in [-0.15, -0.1) is 0 Å². The van der Waals surface area contributed by atoms with Crippen molar-refractivity contribution < 1.29 is 18.3 Å². The number of carboxylic acid groups (broad SMARTS) is 1. The van der Waals surface area contributed by atoms with Gasteiger partial charge in [0.05, 0.1) is 16.1 Å². The zero-order valence-electron chi connectivity index (χ0n) is 12.8. The van der Waals surface area contributed by atoms with Gasteiger partial charge >= 0.3 is 5.97 Å². The van der Waals surface area contributed by atoms with Gasteiger partial charge in [0.1, 0.15) is 17.9 Å². The highest BCUT2D eigenvalue weighted by atomic mass is 32.2. The number of hydrogen-bond donors (Lipinski definition) is 2. The Kier molecular flexibility index (Phi) is 3.98. The number of aryl methyl sites for hydroxylation is 1. The summed E-state index contributed by atoms with van der Waals surface area (Å²) in [5.74, 6) is -0.710. The predicted molar refractivity (Wildman–Crippen MR) is 89.6 cm³/mol. The van der Waals surface area contributed by atoms with Crippen molar-refractivity contribution in [3.63, 3.8) is 0 Å². The van der Waals surface area contributed by atoms with Crippen LogP contribution >= 0.6 is 0 Å². The summed E-state index contributed by atoms with van der Waals surface area (Å²) >= 11 is 0. The topological polar surface area (TPSA) is 101 Å². The highest BCUT2D eigenvalue weighted by molar-refractivity contribution is 7.90. The van der Waals surface area contributed by atoms with E-state index in [1.165, 1.54) is 16.1 Å². The number of para-hydroxylation sites is 1. The lowest BCUT2D eigenvalue weighted by Crippen LogP contribution is -2.14. The van der Waals surface area contributed by atoms with Crippen molar-refractivity contribution in [3.8, 4) is 0 Å². The Labute approximate surface area is 138 Å². The van der Waals surface area contributed by atoms with Crippen LogP contribution in [0.4, 0.5) is 5.69 Å². The van der Waals surface area contributed by atoms with Crippen LogP contribution in [0.1, 0.15) is 5.82 Å². The zero-order chi connectivity index (χ0) is 17.3. The summed E-state index contributed by atoms with van der Waals surface area (Å²) in [5, 5.41) is 11.5. The van der Waals surface area contributed by atoms with Gasteiger partial charge in [-0.2, -0.15) is 0 Å². The minimum Gasteiger partial charge on any atom is -0.480 e. The molecule has 0 saturated heterocycles. The van der Waals surface area contributed by atoms with Crippen LogP contribution in [-0.2, 0) is 14.8 Å². The molecule has 0 amide bonds. The summed E-state index contributed by atoms with van der Waals surface area (Å²) in [6.07, 6.45) is 0. The molecule has 3 rings (SSSR count). The van der Waals surface area contributed by atoms with E-state index in [0.717, 1.165) is 0 Å². The van der Waals surface area contributed by atoms with Crippen molar-refractivity contribution in [1.29, 1.82) is 0 Å². The number of rotatable bonds is 5. The molecule has 0 unspecified atom stereocenters. The lowest BCUT2D eigenvalue weighted by atomic mass is 10.2. The van der Waals surface area contributed by atoms with Crippen LogP contribution in [0.15, 0.2) is 53.4 Å². The number of anilines is 1. The van der Waals surface area contributed by atoms with Crippen LogP contribution in [-0.4, -0.2) is 35.0 Å². The molecule has 3 aromatic rings. The molecule has 124 valence electrons. The number of hydrogen-bond acceptors (Lipinski definition) is 5. The molecular formula is C16H15N3O4S. The highest BCUT2D eigenvalue weighted by Crippen LogP contribution is 2.27. The lowest BCUT2D eigenvalue weighted by Gasteiger charge is -2.09. The minimum atomic E-state index is -3.79. The predicted octanol–water partition coefficient (Wildman–Crippen LogP) is 2.08. The van der Waals surface area contributed by atoms with Crippen molar-refractivity contribution in [3.05, 3.63) is 54.4 Å². The summed E-state index contributed by atoms with van der Waals surface area (Å²) in [6.45, 7) is 1.32. The maximum absolute atomic E-state index is 12.9. The Morgan fingerprint density at radius 3 is 2.54 bits per heavy atom. The molecule has 0 aliphatic rings. The third-order valence-corrected chi connectivity index (χ3v) is 5.32. The summed E-state index contributed by atoms with van der Waals surface area (Å²) < 4.78 is 27.0. The molecule has 0 aliphatic carbocycles. The number of nitrogens with one attached hydrogen (secondary N) is 1. The second-order valence-corrected chi connectivity index (χ2v) is 6.95. The SMILES string of the molecule is Cc1nc2c(NCC(=O)O)cccc2n1S(=O)(=O)c1ccccc1. The van der Waals surface area contributed by atoms with E-state index in [1.807, 2.05) is 0 Å². The maximum atomic E-state index is 12.9. The fourth-order valence-electron chi connectivity index (χ4n) is 2.51. The molecule has 0 aliphatic heterocycles. The van der Waals surface area contributed by atoms with E-state index < -0.39 is 16.0 Å². The first-order chi connectivity index (χ1) is 11.4. The van der Waals surface area contributed by atoms with E-state index in [-0.39, 0.29) is 11.4 Å². The van der Waals surface area contributed by atoms with Crippen LogP contribution in [0.5, 0.6) is 0 Å². The van der Waals surface area contributed by atoms with E-state index in [1.54, 1.807) is 43.3 Å². The molecular weight excluding hydrogens is 330 g/mol. The van der Waals surface area contributed by atoms with Gasteiger partial charge in [0, 0.05) is 0 Å². The zero-order valence-corrected chi connectivity index (χ0v) is 13.6. The quantitative estimate of drug-likeness (QED) is 0.734. The normalized spacial score (nSPS) is 11.5. The molecule has 0 atom stereocenters. The van der Waals surface area contributed by atoms with Crippen LogP contribution in [0.25, 0.3) is 11.0 Å². The Morgan fingerprint density at radius 1 is 1.17 bits per heavy atom. The van der Waals surface area contributed by atoms with Gasteiger partial charge in [-0.1, -0.05) is 24.3 Å². The van der Waals surface area contributed by atoms with Crippen molar-refractivity contribution in [2.45, 2.75) is 11.8 Å². The number of benzene rings is 2. The molecule has 1 heterocycles. The monoisotopic (exact) mass is 345 g/mol. The first-order valence-electron chi connectivity index (χ1n) is 7.15. The van der Waals surface area contributed by atoms with Gasteiger partial charge in [-0.25, -0.2) is 17.4 Å². The second kappa shape index (κ2) is 5.97. The average molecular weight is 345 g/mol. The molecule has 7 nitrogen and oxygen atoms in total. The molecule has 24 heavy (non-hydrogen) atoms. The third kappa shape index (κ3) is 2.71. The Hall–Kier alpha value is -2.87. The lowest BCUT2D eigenvalue weighted by molar-refractivity contribution is -0.134. The van der Waals surface area contributed by atoms with Gasteiger partial charge in [-0.05, 0) is 31.2 Å². The van der Waals surface area contributed by atoms with Crippen LogP contribution < -0.4 is 5.32 Å². The molecule has 0 radical (unpaired) electrons. The third-order valence-electron chi connectivity index (χ3n) is 3.51. The summed E-state index contributed by atoms with van der Waals surface area (Å²) in [4.78, 5) is 15.2. The number of imidazole rings is 1. The fourth-order valence-corrected chi connectivity index (χ4v) is 4.02. The van der Waals surface area contributed by atoms with Crippen molar-refractivity contribution >= 4 is 32.7 Å². The molecule has 1 aromatic heterocycles. The molecule has 2 N–H and O–H groups in total. The maximum Gasteiger partial charge on any atom is 0.322 e. The standard InChI is InChI=1S/C16H15N3O4S/c1-11-18-16-13(17-10-15(20)21)8-5-9-14(16)19(11)24(22,23)12-6-3-2-4-7-12/h2-9,17H,10H2,1H3,(H,20,21). The molecule has 8 heteroatoms. The highest BCUT2D eigenvalue weighted by Gasteiger charge is 2.23. The van der Waals surface area contributed by atoms with Crippen molar-refractivity contribution in [2.75, 3.05) is 11.9 Å². The Bertz CT molecular complexity index is 1010. The molecule has 0 bridgehead atoms. The van der Waals surface area contributed by atoms with Gasteiger partial charge in [0.25, 0.3) is 10.0 Å². The first-order valence-corrected chi connectivity index (χ1v) is 8.59. The smallest absolute Gasteiger partial charge is 0.322 e. The fraction of sp³-hybridized carbons (Fsp3) is 0.125. The second-order valence-electron chi connectivity index (χ2n) is 5.16. The Morgan fingerprint density at radius 2 is 1.88 bits per heavy atom. The Balaban J connectivity index is 2.18. The largest absolute Gasteiger partial charge is 0.480 e. The van der Waals surface area contributed by atoms with Crippen LogP contribution in [0.3, 0.4) is 0 Å². The van der Waals surface area contributed by atoms with Crippen LogP contribution in [0.2, 0.25) is 0 Å². The number of aliphatic carboxylic acids is 1. The van der Waals surface area contributed by atoms with Crippen LogP contribution in [0, 0.1) is 6.92 Å². The number of nitrogens with zero attached hydrogens (tertiary/aromatic N) is 2. The number of carbonyl (C=O) groups is 1. The first kappa shape index (κ1) is 16.0. The summed E-state index contributed by atoms with van der Waals surface area (Å²) in [7, 11) is -3.79. The van der Waals surface area contributed by atoms with E-state index >= 15 is 0 Å². The van der Waals surface area contributed by atoms with Crippen molar-refractivity contribution in [1.82, 2.24) is 8.96 Å². The summed E-state index contributed by atoms with van der Waals surface area (Å²) in [5.41, 5.74) is 1.28. The number of aromatic nitrogens is 2. The van der Waals surface area contributed by atoms with Gasteiger partial charge in [-0.3, -0.25) is 4.79 Å². The summed E-state index contributed by atoms with van der Waals surface area (Å²) in [6, 6.07) is 13.1.